The third-order valence-corrected chi connectivity index (χ3v) is 2.56. The molecular formula is C8H5F9. The van der Waals surface area contributed by atoms with Gasteiger partial charge in [0.25, 0.3) is 5.41 Å². The van der Waals surface area contributed by atoms with Crippen molar-refractivity contribution in [2.45, 2.75) is 31.4 Å². The van der Waals surface area contributed by atoms with E-state index in [0.717, 1.165) is 0 Å². The second-order valence-electron chi connectivity index (χ2n) is 3.51. The fourth-order valence-corrected chi connectivity index (χ4v) is 1.66. The van der Waals surface area contributed by atoms with E-state index >= 15 is 0 Å². The molecule has 0 aliphatic heterocycles. The third-order valence-electron chi connectivity index (χ3n) is 2.56. The van der Waals surface area contributed by atoms with Gasteiger partial charge in [-0.1, -0.05) is 6.08 Å². The van der Waals surface area contributed by atoms with Crippen LogP contribution in [0.5, 0.6) is 0 Å². The molecule has 1 aliphatic carbocycles. The molecule has 0 N–H and O–H groups in total. The van der Waals surface area contributed by atoms with Gasteiger partial charge in [0.1, 0.15) is 0 Å². The summed E-state index contributed by atoms with van der Waals surface area (Å²) >= 11 is 0. The Balaban J connectivity index is 3.54. The van der Waals surface area contributed by atoms with E-state index in [1.54, 1.807) is 0 Å². The average Bonchev–Trinajstić information content (AvgIpc) is 1.86. The minimum atomic E-state index is -6.46. The summed E-state index contributed by atoms with van der Waals surface area (Å²) in [5.74, 6) is 0. The Kier molecular flexibility index (Phi) is 2.96. The SMILES string of the molecule is FC(F)(F)C(C1=CCC1)(C(F)(F)F)C(F)(F)F. The van der Waals surface area contributed by atoms with E-state index in [2.05, 4.69) is 0 Å². The Labute approximate surface area is 89.1 Å². The largest absolute Gasteiger partial charge is 0.415 e. The second kappa shape index (κ2) is 3.55. The molecule has 0 amide bonds. The van der Waals surface area contributed by atoms with Crippen LogP contribution in [0.2, 0.25) is 0 Å². The molecule has 0 aromatic rings. The molecule has 0 bridgehead atoms. The van der Waals surface area contributed by atoms with Crippen molar-refractivity contribution in [1.29, 1.82) is 0 Å². The zero-order valence-corrected chi connectivity index (χ0v) is 7.89. The monoisotopic (exact) mass is 272 g/mol. The first kappa shape index (κ1) is 14.2. The maximum Gasteiger partial charge on any atom is 0.415 e. The minimum Gasteiger partial charge on any atom is -0.169 e. The van der Waals surface area contributed by atoms with Gasteiger partial charge >= 0.3 is 18.5 Å². The molecule has 17 heavy (non-hydrogen) atoms. The molecule has 0 nitrogen and oxygen atoms in total. The van der Waals surface area contributed by atoms with Crippen molar-refractivity contribution in [2.75, 3.05) is 0 Å². The highest BCUT2D eigenvalue weighted by Gasteiger charge is 2.85. The number of alkyl halides is 9. The Morgan fingerprint density at radius 3 is 1.06 bits per heavy atom. The highest BCUT2D eigenvalue weighted by molar-refractivity contribution is 5.29. The average molecular weight is 272 g/mol. The molecule has 9 heteroatoms. The van der Waals surface area contributed by atoms with E-state index in [-0.39, 0.29) is 6.42 Å². The number of hydrogen-bond acceptors (Lipinski definition) is 0. The molecular weight excluding hydrogens is 267 g/mol. The minimum absolute atomic E-state index is 0.223. The predicted molar refractivity (Wildman–Crippen MR) is 37.9 cm³/mol. The molecule has 0 atom stereocenters. The fourth-order valence-electron chi connectivity index (χ4n) is 1.66. The first-order valence-corrected chi connectivity index (χ1v) is 4.25. The van der Waals surface area contributed by atoms with Crippen molar-refractivity contribution in [3.63, 3.8) is 0 Å². The fraction of sp³-hybridized carbons (Fsp3) is 0.750. The first-order valence-electron chi connectivity index (χ1n) is 4.25. The van der Waals surface area contributed by atoms with Crippen LogP contribution in [0.4, 0.5) is 39.5 Å². The van der Waals surface area contributed by atoms with Gasteiger partial charge in [-0.25, -0.2) is 0 Å². The first-order chi connectivity index (χ1) is 7.36. The van der Waals surface area contributed by atoms with Crippen molar-refractivity contribution >= 4 is 0 Å². The van der Waals surface area contributed by atoms with Gasteiger partial charge in [-0.3, -0.25) is 0 Å². The van der Waals surface area contributed by atoms with Crippen LogP contribution in [-0.2, 0) is 0 Å². The predicted octanol–water partition coefficient (Wildman–Crippen LogP) is 4.38. The molecule has 0 radical (unpaired) electrons. The summed E-state index contributed by atoms with van der Waals surface area (Å²) in [6, 6.07) is 0. The number of hydrogen-bond donors (Lipinski definition) is 0. The van der Waals surface area contributed by atoms with Gasteiger partial charge in [0.2, 0.25) is 0 Å². The zero-order valence-electron chi connectivity index (χ0n) is 7.89. The third kappa shape index (κ3) is 1.79. The molecule has 100 valence electrons. The van der Waals surface area contributed by atoms with Gasteiger partial charge in [0.15, 0.2) is 0 Å². The van der Waals surface area contributed by atoms with Gasteiger partial charge in [-0.2, -0.15) is 39.5 Å². The molecule has 0 heterocycles. The van der Waals surface area contributed by atoms with E-state index in [4.69, 9.17) is 0 Å². The maximum atomic E-state index is 12.4. The molecule has 0 saturated carbocycles. The highest BCUT2D eigenvalue weighted by Crippen LogP contribution is 2.65. The summed E-state index contributed by atoms with van der Waals surface area (Å²) in [6.45, 7) is 0. The van der Waals surface area contributed by atoms with Gasteiger partial charge in [-0.05, 0) is 18.4 Å². The highest BCUT2D eigenvalue weighted by atomic mass is 19.4. The van der Waals surface area contributed by atoms with Crippen LogP contribution in [-0.4, -0.2) is 18.5 Å². The quantitative estimate of drug-likeness (QED) is 0.491. The molecule has 0 fully saturated rings. The lowest BCUT2D eigenvalue weighted by atomic mass is 9.71. The van der Waals surface area contributed by atoms with Crippen molar-refractivity contribution in [2.24, 2.45) is 5.41 Å². The van der Waals surface area contributed by atoms with E-state index < -0.39 is 35.9 Å². The molecule has 0 unspecified atom stereocenters. The Hall–Kier alpha value is -0.890. The van der Waals surface area contributed by atoms with Gasteiger partial charge in [-0.15, -0.1) is 0 Å². The topological polar surface area (TPSA) is 0 Å². The van der Waals surface area contributed by atoms with Crippen molar-refractivity contribution in [3.05, 3.63) is 11.6 Å². The molecule has 0 saturated heterocycles. The summed E-state index contributed by atoms with van der Waals surface area (Å²) in [7, 11) is 0. The van der Waals surface area contributed by atoms with Crippen molar-refractivity contribution < 1.29 is 39.5 Å². The van der Waals surface area contributed by atoms with Crippen LogP contribution in [0, 0.1) is 5.41 Å². The Bertz CT molecular complexity index is 290. The lowest BCUT2D eigenvalue weighted by Crippen LogP contribution is -2.61. The van der Waals surface area contributed by atoms with E-state index in [0.29, 0.717) is 6.08 Å². The van der Waals surface area contributed by atoms with Crippen LogP contribution in [0.25, 0.3) is 0 Å². The van der Waals surface area contributed by atoms with Gasteiger partial charge < -0.3 is 0 Å². The van der Waals surface area contributed by atoms with Crippen molar-refractivity contribution in [1.82, 2.24) is 0 Å². The molecule has 0 spiro atoms. The normalized spacial score (nSPS) is 18.8. The molecule has 1 rings (SSSR count). The number of rotatable bonds is 1. The van der Waals surface area contributed by atoms with Crippen LogP contribution in [0.15, 0.2) is 11.6 Å². The Morgan fingerprint density at radius 2 is 1.00 bits per heavy atom. The van der Waals surface area contributed by atoms with E-state index in [1.807, 2.05) is 0 Å². The van der Waals surface area contributed by atoms with Gasteiger partial charge in [0.05, 0.1) is 0 Å². The van der Waals surface area contributed by atoms with Crippen molar-refractivity contribution in [3.8, 4) is 0 Å². The summed E-state index contributed by atoms with van der Waals surface area (Å²) in [6.07, 6.45) is -20.1. The number of halogens is 9. The summed E-state index contributed by atoms with van der Waals surface area (Å²) in [5, 5.41) is 0. The maximum absolute atomic E-state index is 12.4. The summed E-state index contributed by atoms with van der Waals surface area (Å²) < 4.78 is 111. The smallest absolute Gasteiger partial charge is 0.169 e. The molecule has 1 aliphatic rings. The molecule has 0 aromatic carbocycles. The Morgan fingerprint density at radius 1 is 0.706 bits per heavy atom. The van der Waals surface area contributed by atoms with E-state index in [1.165, 1.54) is 0 Å². The standard InChI is InChI=1S/C8H5F9/c9-6(10,11)5(7(12,13)14,8(15,16)17)4-2-1-3-4/h2H,1,3H2. The summed E-state index contributed by atoms with van der Waals surface area (Å²) in [5.41, 5.74) is -7.41. The zero-order chi connectivity index (χ0) is 13.7. The van der Waals surface area contributed by atoms with E-state index in [9.17, 15) is 39.5 Å². The van der Waals surface area contributed by atoms with Crippen LogP contribution in [0.3, 0.4) is 0 Å². The number of allylic oxidation sites excluding steroid dienone is 2. The van der Waals surface area contributed by atoms with Crippen LogP contribution >= 0.6 is 0 Å². The summed E-state index contributed by atoms with van der Waals surface area (Å²) in [4.78, 5) is 0. The van der Waals surface area contributed by atoms with Gasteiger partial charge in [0, 0.05) is 0 Å². The lowest BCUT2D eigenvalue weighted by molar-refractivity contribution is -0.412. The second-order valence-corrected chi connectivity index (χ2v) is 3.51. The van der Waals surface area contributed by atoms with Crippen LogP contribution in [0.1, 0.15) is 12.8 Å². The van der Waals surface area contributed by atoms with Crippen LogP contribution < -0.4 is 0 Å². The molecule has 0 aromatic heterocycles. The lowest BCUT2D eigenvalue weighted by Gasteiger charge is -2.42.